The molecule has 1 aromatic carbocycles. The number of rotatable bonds is 5. The Kier molecular flexibility index (Phi) is 7.00. The lowest BCUT2D eigenvalue weighted by Crippen LogP contribution is -2.51. The molecule has 0 unspecified atom stereocenters. The smallest absolute Gasteiger partial charge is 0.264 e. The molecule has 7 nitrogen and oxygen atoms in total. The van der Waals surface area contributed by atoms with Gasteiger partial charge in [0.1, 0.15) is 10.7 Å². The number of nitrogens with zero attached hydrogens (tertiary/aromatic N) is 4. The van der Waals surface area contributed by atoms with Crippen LogP contribution in [0.4, 0.5) is 0 Å². The molecular formula is C26H33N5O2S. The molecule has 3 heterocycles. The first kappa shape index (κ1) is 24.3. The fourth-order valence-electron chi connectivity index (χ4n) is 4.19. The average molecular weight is 480 g/mol. The van der Waals surface area contributed by atoms with Crippen LogP contribution in [0.1, 0.15) is 53.1 Å². The second-order valence-electron chi connectivity index (χ2n) is 9.95. The van der Waals surface area contributed by atoms with Crippen molar-refractivity contribution in [2.24, 2.45) is 0 Å². The Hall–Kier alpha value is -2.84. The van der Waals surface area contributed by atoms with Crippen molar-refractivity contribution < 1.29 is 9.59 Å². The van der Waals surface area contributed by atoms with E-state index in [4.69, 9.17) is 9.97 Å². The number of benzene rings is 1. The number of amides is 2. The first-order chi connectivity index (χ1) is 16.1. The van der Waals surface area contributed by atoms with Crippen molar-refractivity contribution >= 4 is 33.4 Å². The lowest BCUT2D eigenvalue weighted by Gasteiger charge is -2.34. The molecule has 0 saturated carbocycles. The highest BCUT2D eigenvalue weighted by Gasteiger charge is 2.28. The predicted molar refractivity (Wildman–Crippen MR) is 136 cm³/mol. The minimum atomic E-state index is -0.148. The van der Waals surface area contributed by atoms with Gasteiger partial charge in [-0.05, 0) is 25.0 Å². The fourth-order valence-corrected chi connectivity index (χ4v) is 5.39. The van der Waals surface area contributed by atoms with Crippen molar-refractivity contribution in [1.82, 2.24) is 25.1 Å². The number of fused-ring (bicyclic) bond motifs is 1. The summed E-state index contributed by atoms with van der Waals surface area (Å²) in [6.45, 7) is 13.7. The average Bonchev–Trinajstić information content (AvgIpc) is 3.15. The number of hydrogen-bond acceptors (Lipinski definition) is 6. The fraction of sp³-hybridized carbons (Fsp3) is 0.462. The molecule has 180 valence electrons. The number of thiophene rings is 1. The standard InChI is InChI=1S/C26H33N5O2S/c1-17-21-18(2)28-25(26(3,4)5)29-23(21)34-22(17)24(33)31-13-11-30(12-14-31)16-20(32)27-15-19-9-7-6-8-10-19/h6-10H,11-16H2,1-5H3,(H,27,32). The van der Waals surface area contributed by atoms with E-state index in [1.54, 1.807) is 0 Å². The van der Waals surface area contributed by atoms with Gasteiger partial charge in [0, 0.05) is 43.5 Å². The largest absolute Gasteiger partial charge is 0.351 e. The lowest BCUT2D eigenvalue weighted by molar-refractivity contribution is -0.122. The van der Waals surface area contributed by atoms with Crippen molar-refractivity contribution in [2.45, 2.75) is 46.6 Å². The van der Waals surface area contributed by atoms with E-state index in [9.17, 15) is 9.59 Å². The third kappa shape index (κ3) is 5.28. The number of carbonyl (C=O) groups excluding carboxylic acids is 2. The molecular weight excluding hydrogens is 446 g/mol. The molecule has 1 aliphatic rings. The van der Waals surface area contributed by atoms with E-state index in [1.165, 1.54) is 11.3 Å². The number of hydrogen-bond donors (Lipinski definition) is 1. The van der Waals surface area contributed by atoms with E-state index in [0.717, 1.165) is 37.7 Å². The van der Waals surface area contributed by atoms with Crippen LogP contribution < -0.4 is 5.32 Å². The van der Waals surface area contributed by atoms with Gasteiger partial charge in [-0.2, -0.15) is 0 Å². The molecule has 0 spiro atoms. The van der Waals surface area contributed by atoms with E-state index in [-0.39, 0.29) is 17.2 Å². The van der Waals surface area contributed by atoms with Crippen molar-refractivity contribution in [3.05, 3.63) is 57.9 Å². The van der Waals surface area contributed by atoms with Gasteiger partial charge in [0.05, 0.1) is 17.1 Å². The number of piperazine rings is 1. The van der Waals surface area contributed by atoms with E-state index in [2.05, 4.69) is 31.0 Å². The van der Waals surface area contributed by atoms with Gasteiger partial charge in [0.15, 0.2) is 0 Å². The van der Waals surface area contributed by atoms with Crippen molar-refractivity contribution in [3.63, 3.8) is 0 Å². The van der Waals surface area contributed by atoms with Gasteiger partial charge >= 0.3 is 0 Å². The highest BCUT2D eigenvalue weighted by Crippen LogP contribution is 2.34. The SMILES string of the molecule is Cc1nc(C(C)(C)C)nc2sc(C(=O)N3CCN(CC(=O)NCc4ccccc4)CC3)c(C)c12. The minimum absolute atomic E-state index is 0.00711. The summed E-state index contributed by atoms with van der Waals surface area (Å²) in [4.78, 5) is 40.8. The van der Waals surface area contributed by atoms with Gasteiger partial charge in [-0.3, -0.25) is 14.5 Å². The molecule has 4 rings (SSSR count). The number of nitrogens with one attached hydrogen (secondary N) is 1. The Morgan fingerprint density at radius 2 is 1.71 bits per heavy atom. The van der Waals surface area contributed by atoms with E-state index < -0.39 is 0 Å². The maximum absolute atomic E-state index is 13.4. The van der Waals surface area contributed by atoms with Crippen LogP contribution in [-0.2, 0) is 16.8 Å². The van der Waals surface area contributed by atoms with Crippen LogP contribution in [0.5, 0.6) is 0 Å². The Morgan fingerprint density at radius 3 is 2.35 bits per heavy atom. The monoisotopic (exact) mass is 479 g/mol. The second kappa shape index (κ2) is 9.80. The summed E-state index contributed by atoms with van der Waals surface area (Å²) in [6, 6.07) is 9.89. The topological polar surface area (TPSA) is 78.4 Å². The van der Waals surface area contributed by atoms with Crippen LogP contribution in [0.3, 0.4) is 0 Å². The highest BCUT2D eigenvalue weighted by molar-refractivity contribution is 7.20. The van der Waals surface area contributed by atoms with Crippen molar-refractivity contribution in [2.75, 3.05) is 32.7 Å². The normalized spacial score (nSPS) is 15.0. The molecule has 0 atom stereocenters. The first-order valence-electron chi connectivity index (χ1n) is 11.7. The molecule has 1 aliphatic heterocycles. The molecule has 0 radical (unpaired) electrons. The first-order valence-corrected chi connectivity index (χ1v) is 12.6. The Morgan fingerprint density at radius 1 is 1.03 bits per heavy atom. The lowest BCUT2D eigenvalue weighted by atomic mass is 9.95. The Bertz CT molecular complexity index is 1190. The number of aryl methyl sites for hydroxylation is 2. The predicted octanol–water partition coefficient (Wildman–Crippen LogP) is 3.68. The maximum atomic E-state index is 13.4. The number of aromatic nitrogens is 2. The molecule has 3 aromatic rings. The van der Waals surface area contributed by atoms with E-state index in [0.29, 0.717) is 39.3 Å². The van der Waals surface area contributed by atoms with Gasteiger partial charge in [-0.25, -0.2) is 9.97 Å². The van der Waals surface area contributed by atoms with Gasteiger partial charge in [-0.1, -0.05) is 51.1 Å². The Labute approximate surface area is 205 Å². The minimum Gasteiger partial charge on any atom is -0.351 e. The summed E-state index contributed by atoms with van der Waals surface area (Å²) in [5, 5.41) is 3.97. The second-order valence-corrected chi connectivity index (χ2v) is 10.9. The van der Waals surface area contributed by atoms with Gasteiger partial charge in [0.25, 0.3) is 5.91 Å². The molecule has 34 heavy (non-hydrogen) atoms. The maximum Gasteiger partial charge on any atom is 0.264 e. The van der Waals surface area contributed by atoms with Crippen LogP contribution in [-0.4, -0.2) is 64.3 Å². The molecule has 8 heteroatoms. The Balaban J connectivity index is 1.37. The summed E-state index contributed by atoms with van der Waals surface area (Å²) in [6.07, 6.45) is 0. The van der Waals surface area contributed by atoms with Crippen LogP contribution in [0, 0.1) is 13.8 Å². The van der Waals surface area contributed by atoms with Crippen LogP contribution in [0.25, 0.3) is 10.2 Å². The zero-order valence-electron chi connectivity index (χ0n) is 20.6. The summed E-state index contributed by atoms with van der Waals surface area (Å²) in [7, 11) is 0. The molecule has 1 fully saturated rings. The summed E-state index contributed by atoms with van der Waals surface area (Å²) in [5.74, 6) is 0.856. The molecule has 1 saturated heterocycles. The van der Waals surface area contributed by atoms with Crippen LogP contribution in [0.2, 0.25) is 0 Å². The summed E-state index contributed by atoms with van der Waals surface area (Å²) >= 11 is 1.47. The molecule has 2 amide bonds. The van der Waals surface area contributed by atoms with E-state index >= 15 is 0 Å². The van der Waals surface area contributed by atoms with Crippen LogP contribution >= 0.6 is 11.3 Å². The molecule has 0 bridgehead atoms. The van der Waals surface area contributed by atoms with Crippen molar-refractivity contribution in [1.29, 1.82) is 0 Å². The highest BCUT2D eigenvalue weighted by atomic mass is 32.1. The molecule has 1 N–H and O–H groups in total. The van der Waals surface area contributed by atoms with E-state index in [1.807, 2.05) is 49.1 Å². The summed E-state index contributed by atoms with van der Waals surface area (Å²) < 4.78 is 0. The molecule has 0 aliphatic carbocycles. The third-order valence-corrected chi connectivity index (χ3v) is 7.37. The van der Waals surface area contributed by atoms with Gasteiger partial charge in [-0.15, -0.1) is 11.3 Å². The van der Waals surface area contributed by atoms with Crippen LogP contribution in [0.15, 0.2) is 30.3 Å². The van der Waals surface area contributed by atoms with Gasteiger partial charge < -0.3 is 10.2 Å². The molecule has 2 aromatic heterocycles. The zero-order valence-corrected chi connectivity index (χ0v) is 21.5. The van der Waals surface area contributed by atoms with Gasteiger partial charge in [0.2, 0.25) is 5.91 Å². The zero-order chi connectivity index (χ0) is 24.5. The summed E-state index contributed by atoms with van der Waals surface area (Å²) in [5.41, 5.74) is 2.82. The quantitative estimate of drug-likeness (QED) is 0.604. The number of carbonyl (C=O) groups is 2. The third-order valence-electron chi connectivity index (χ3n) is 6.20. The van der Waals surface area contributed by atoms with Crippen molar-refractivity contribution in [3.8, 4) is 0 Å².